The molecule has 0 bridgehead atoms. The van der Waals surface area contributed by atoms with Crippen LogP contribution >= 0.6 is 15.9 Å². The van der Waals surface area contributed by atoms with Gasteiger partial charge in [0.15, 0.2) is 0 Å². The van der Waals surface area contributed by atoms with Crippen molar-refractivity contribution >= 4 is 33.6 Å². The number of halogens is 1. The Kier molecular flexibility index (Phi) is 5.50. The fourth-order valence-electron chi connectivity index (χ4n) is 2.71. The highest BCUT2D eigenvalue weighted by Crippen LogP contribution is 2.22. The van der Waals surface area contributed by atoms with Crippen molar-refractivity contribution in [2.24, 2.45) is 0 Å². The van der Waals surface area contributed by atoms with Crippen molar-refractivity contribution in [3.63, 3.8) is 0 Å². The molecule has 1 amide bonds. The zero-order valence-corrected chi connectivity index (χ0v) is 16.6. The molecule has 0 aliphatic heterocycles. The third-order valence-corrected chi connectivity index (χ3v) is 4.47. The van der Waals surface area contributed by atoms with E-state index in [1.54, 1.807) is 0 Å². The highest BCUT2D eigenvalue weighted by molar-refractivity contribution is 9.10. The van der Waals surface area contributed by atoms with Gasteiger partial charge in [-0.3, -0.25) is 9.59 Å². The quantitative estimate of drug-likeness (QED) is 0.623. The first kappa shape index (κ1) is 19.0. The van der Waals surface area contributed by atoms with Crippen LogP contribution in [0.2, 0.25) is 0 Å². The molecule has 0 radical (unpaired) electrons. The number of benzene rings is 1. The summed E-state index contributed by atoms with van der Waals surface area (Å²) in [7, 11) is 1.31. The van der Waals surface area contributed by atoms with Crippen LogP contribution in [0.3, 0.4) is 0 Å². The number of ether oxygens (including phenoxy) is 1. The molecular formula is C18H18BrN5O3. The third-order valence-electron chi connectivity index (χ3n) is 3.98. The first-order valence-corrected chi connectivity index (χ1v) is 9.01. The second-order valence-corrected chi connectivity index (χ2v) is 6.96. The van der Waals surface area contributed by atoms with Crippen molar-refractivity contribution in [1.82, 2.24) is 24.9 Å². The lowest BCUT2D eigenvalue weighted by Crippen LogP contribution is -2.31. The molecule has 3 aromatic rings. The Labute approximate surface area is 164 Å². The molecule has 0 saturated heterocycles. The minimum atomic E-state index is -0.579. The average Bonchev–Trinajstić information content (AvgIpc) is 3.05. The first-order valence-electron chi connectivity index (χ1n) is 8.21. The Hall–Kier alpha value is -2.81. The van der Waals surface area contributed by atoms with Gasteiger partial charge in [-0.1, -0.05) is 28.1 Å². The predicted octanol–water partition coefficient (Wildman–Crippen LogP) is 2.54. The first-order chi connectivity index (χ1) is 12.9. The number of carbonyl (C=O) groups is 2. The SMILES string of the molecule is COC(=O)CC(NC(=O)c1nc2nc(C)cc(C)n2n1)c1cccc(Br)c1. The van der Waals surface area contributed by atoms with E-state index in [2.05, 4.69) is 36.3 Å². The van der Waals surface area contributed by atoms with Crippen LogP contribution < -0.4 is 5.32 Å². The molecule has 1 N–H and O–H groups in total. The van der Waals surface area contributed by atoms with Gasteiger partial charge in [0, 0.05) is 15.9 Å². The maximum Gasteiger partial charge on any atom is 0.307 e. The highest BCUT2D eigenvalue weighted by Gasteiger charge is 2.23. The smallest absolute Gasteiger partial charge is 0.307 e. The predicted molar refractivity (Wildman–Crippen MR) is 101 cm³/mol. The van der Waals surface area contributed by atoms with Gasteiger partial charge in [-0.15, -0.1) is 5.10 Å². The van der Waals surface area contributed by atoms with Gasteiger partial charge in [0.25, 0.3) is 11.7 Å². The van der Waals surface area contributed by atoms with E-state index in [0.717, 1.165) is 21.4 Å². The Balaban J connectivity index is 1.90. The van der Waals surface area contributed by atoms with Crippen molar-refractivity contribution in [2.75, 3.05) is 7.11 Å². The summed E-state index contributed by atoms with van der Waals surface area (Å²) in [5.41, 5.74) is 2.37. The molecular weight excluding hydrogens is 414 g/mol. The summed E-state index contributed by atoms with van der Waals surface area (Å²) in [6, 6.07) is 8.62. The molecule has 0 aliphatic carbocycles. The average molecular weight is 432 g/mol. The Bertz CT molecular complexity index is 1020. The number of esters is 1. The lowest BCUT2D eigenvalue weighted by atomic mass is 10.0. The fraction of sp³-hybridized carbons (Fsp3) is 0.278. The van der Waals surface area contributed by atoms with Crippen LogP contribution in [-0.2, 0) is 9.53 Å². The number of nitrogens with one attached hydrogen (secondary N) is 1. The zero-order chi connectivity index (χ0) is 19.6. The molecule has 1 aromatic carbocycles. The fourth-order valence-corrected chi connectivity index (χ4v) is 3.13. The van der Waals surface area contributed by atoms with Crippen molar-refractivity contribution in [1.29, 1.82) is 0 Å². The minimum Gasteiger partial charge on any atom is -0.469 e. The molecule has 140 valence electrons. The van der Waals surface area contributed by atoms with E-state index >= 15 is 0 Å². The summed E-state index contributed by atoms with van der Waals surface area (Å²) in [6.07, 6.45) is -0.0115. The molecule has 8 nitrogen and oxygen atoms in total. The van der Waals surface area contributed by atoms with Gasteiger partial charge in [-0.2, -0.15) is 4.98 Å². The molecule has 2 heterocycles. The normalized spacial score (nSPS) is 12.0. The summed E-state index contributed by atoms with van der Waals surface area (Å²) in [5, 5.41) is 7.03. The molecule has 1 unspecified atom stereocenters. The van der Waals surface area contributed by atoms with E-state index in [4.69, 9.17) is 4.74 Å². The lowest BCUT2D eigenvalue weighted by molar-refractivity contribution is -0.141. The number of aromatic nitrogens is 4. The van der Waals surface area contributed by atoms with Crippen LogP contribution in [0.5, 0.6) is 0 Å². The van der Waals surface area contributed by atoms with Crippen LogP contribution in [-0.4, -0.2) is 38.6 Å². The van der Waals surface area contributed by atoms with Gasteiger partial charge in [-0.25, -0.2) is 9.50 Å². The Morgan fingerprint density at radius 2 is 2.04 bits per heavy atom. The number of hydrogen-bond acceptors (Lipinski definition) is 6. The van der Waals surface area contributed by atoms with Gasteiger partial charge in [0.1, 0.15) is 0 Å². The Morgan fingerprint density at radius 3 is 2.74 bits per heavy atom. The largest absolute Gasteiger partial charge is 0.469 e. The lowest BCUT2D eigenvalue weighted by Gasteiger charge is -2.17. The van der Waals surface area contributed by atoms with E-state index in [-0.39, 0.29) is 12.2 Å². The second kappa shape index (κ2) is 7.83. The molecule has 0 fully saturated rings. The molecule has 27 heavy (non-hydrogen) atoms. The summed E-state index contributed by atoms with van der Waals surface area (Å²) in [4.78, 5) is 33.0. The number of rotatable bonds is 5. The molecule has 3 rings (SSSR count). The van der Waals surface area contributed by atoms with E-state index in [0.29, 0.717) is 5.78 Å². The highest BCUT2D eigenvalue weighted by atomic mass is 79.9. The van der Waals surface area contributed by atoms with Crippen LogP contribution in [0, 0.1) is 13.8 Å². The number of amides is 1. The monoisotopic (exact) mass is 431 g/mol. The van der Waals surface area contributed by atoms with Crippen LogP contribution in [0.4, 0.5) is 0 Å². The number of nitrogens with zero attached hydrogens (tertiary/aromatic N) is 4. The molecule has 1 atom stereocenters. The second-order valence-electron chi connectivity index (χ2n) is 6.05. The van der Waals surface area contributed by atoms with Gasteiger partial charge in [0.2, 0.25) is 5.82 Å². The van der Waals surface area contributed by atoms with E-state index in [9.17, 15) is 9.59 Å². The van der Waals surface area contributed by atoms with Crippen molar-refractivity contribution in [3.8, 4) is 0 Å². The van der Waals surface area contributed by atoms with Gasteiger partial charge >= 0.3 is 5.97 Å². The van der Waals surface area contributed by atoms with E-state index in [1.165, 1.54) is 11.6 Å². The minimum absolute atomic E-state index is 0.0115. The molecule has 9 heteroatoms. The maximum absolute atomic E-state index is 12.7. The number of fused-ring (bicyclic) bond motifs is 1. The van der Waals surface area contributed by atoms with Crippen molar-refractivity contribution < 1.29 is 14.3 Å². The van der Waals surface area contributed by atoms with E-state index in [1.807, 2.05) is 44.2 Å². The Morgan fingerprint density at radius 1 is 1.26 bits per heavy atom. The van der Waals surface area contributed by atoms with Crippen LogP contribution in [0.1, 0.15) is 40.0 Å². The summed E-state index contributed by atoms with van der Waals surface area (Å²) in [6.45, 7) is 3.71. The summed E-state index contributed by atoms with van der Waals surface area (Å²) >= 11 is 3.40. The van der Waals surface area contributed by atoms with Crippen molar-refractivity contribution in [2.45, 2.75) is 26.3 Å². The van der Waals surface area contributed by atoms with Gasteiger partial charge in [0.05, 0.1) is 19.6 Å². The third kappa shape index (κ3) is 4.30. The van der Waals surface area contributed by atoms with Crippen molar-refractivity contribution in [3.05, 3.63) is 57.6 Å². The standard InChI is InChI=1S/C18H18BrN5O3/c1-10-7-11(2)24-18(20-10)22-16(23-24)17(26)21-14(9-15(25)27-3)12-5-4-6-13(19)8-12/h4-8,14H,9H2,1-3H3,(H,21,26). The number of hydrogen-bond donors (Lipinski definition) is 1. The molecule has 2 aromatic heterocycles. The topological polar surface area (TPSA) is 98.5 Å². The molecule has 0 saturated carbocycles. The van der Waals surface area contributed by atoms with Gasteiger partial charge in [-0.05, 0) is 37.6 Å². The van der Waals surface area contributed by atoms with Crippen LogP contribution in [0.25, 0.3) is 5.78 Å². The number of methoxy groups -OCH3 is 1. The summed E-state index contributed by atoms with van der Waals surface area (Å²) < 4.78 is 7.10. The van der Waals surface area contributed by atoms with Gasteiger partial charge < -0.3 is 10.1 Å². The van der Waals surface area contributed by atoms with Crippen LogP contribution in [0.15, 0.2) is 34.8 Å². The number of carbonyl (C=O) groups excluding carboxylic acids is 2. The maximum atomic E-state index is 12.7. The molecule has 0 spiro atoms. The zero-order valence-electron chi connectivity index (χ0n) is 15.1. The summed E-state index contributed by atoms with van der Waals surface area (Å²) in [5.74, 6) is -0.589. The van der Waals surface area contributed by atoms with E-state index < -0.39 is 17.9 Å². The number of aryl methyl sites for hydroxylation is 2. The molecule has 0 aliphatic rings.